The second-order valence-electron chi connectivity index (χ2n) is 4.10. The lowest BCUT2D eigenvalue weighted by Gasteiger charge is -2.19. The first-order chi connectivity index (χ1) is 7.75. The second-order valence-corrected chi connectivity index (χ2v) is 8.75. The average molecular weight is 341 g/mol. The summed E-state index contributed by atoms with van der Waals surface area (Å²) in [5.41, 5.74) is 0. The summed E-state index contributed by atoms with van der Waals surface area (Å²) in [4.78, 5) is 3.17. The Kier molecular flexibility index (Phi) is 5.15. The van der Waals surface area contributed by atoms with E-state index in [4.69, 9.17) is 0 Å². The lowest BCUT2D eigenvalue weighted by Crippen LogP contribution is -2.33. The van der Waals surface area contributed by atoms with E-state index in [1.165, 1.54) is 15.6 Å². The van der Waals surface area contributed by atoms with Gasteiger partial charge in [0, 0.05) is 25.0 Å². The van der Waals surface area contributed by atoms with Crippen molar-refractivity contribution < 1.29 is 8.42 Å². The predicted molar refractivity (Wildman–Crippen MR) is 75.1 cm³/mol. The Balaban J connectivity index is 2.91. The number of thiophene rings is 1. The largest absolute Gasteiger partial charge is 0.308 e. The molecular formula is C10H17BrN2O2S2. The molecule has 7 heteroatoms. The summed E-state index contributed by atoms with van der Waals surface area (Å²) in [6.07, 6.45) is 0. The van der Waals surface area contributed by atoms with Gasteiger partial charge in [-0.1, -0.05) is 0 Å². The molecule has 0 bridgehead atoms. The first kappa shape index (κ1) is 15.1. The van der Waals surface area contributed by atoms with E-state index < -0.39 is 10.0 Å². The summed E-state index contributed by atoms with van der Waals surface area (Å²) >= 11 is 4.75. The normalized spacial score (nSPS) is 12.6. The highest BCUT2D eigenvalue weighted by molar-refractivity contribution is 9.11. The Hall–Kier alpha value is 0.0500. The van der Waals surface area contributed by atoms with Gasteiger partial charge in [0.2, 0.25) is 10.0 Å². The minimum atomic E-state index is -3.36. The molecule has 0 aliphatic rings. The van der Waals surface area contributed by atoms with E-state index >= 15 is 0 Å². The van der Waals surface area contributed by atoms with Crippen LogP contribution in [0.5, 0.6) is 0 Å². The fourth-order valence-corrected chi connectivity index (χ4v) is 4.86. The highest BCUT2D eigenvalue weighted by atomic mass is 79.9. The molecule has 0 atom stereocenters. The third-order valence-corrected chi connectivity index (χ3v) is 6.06. The summed E-state index contributed by atoms with van der Waals surface area (Å²) in [6, 6.07) is 1.67. The predicted octanol–water partition coefficient (Wildman–Crippen LogP) is 2.00. The van der Waals surface area contributed by atoms with E-state index in [0.29, 0.717) is 18.0 Å². The summed E-state index contributed by atoms with van der Waals surface area (Å²) in [5.74, 6) is 0. The molecule has 0 aliphatic heterocycles. The van der Waals surface area contributed by atoms with Crippen LogP contribution in [0.25, 0.3) is 0 Å². The second kappa shape index (κ2) is 5.79. The number of nitrogens with zero attached hydrogens (tertiary/aromatic N) is 2. The zero-order valence-electron chi connectivity index (χ0n) is 10.4. The number of aryl methyl sites for hydroxylation is 1. The van der Waals surface area contributed by atoms with Crippen LogP contribution in [0.3, 0.4) is 0 Å². The number of sulfonamides is 1. The number of hydrogen-bond acceptors (Lipinski definition) is 4. The van der Waals surface area contributed by atoms with Crippen LogP contribution in [0, 0.1) is 6.92 Å². The molecular weight excluding hydrogens is 324 g/mol. The Morgan fingerprint density at radius 3 is 2.29 bits per heavy atom. The minimum absolute atomic E-state index is 0.399. The number of hydrogen-bond donors (Lipinski definition) is 0. The van der Waals surface area contributed by atoms with Gasteiger partial charge in [0.15, 0.2) is 0 Å². The average Bonchev–Trinajstić information content (AvgIpc) is 2.54. The van der Waals surface area contributed by atoms with Crippen LogP contribution in [-0.2, 0) is 10.0 Å². The van der Waals surface area contributed by atoms with E-state index in [0.717, 1.165) is 8.66 Å². The summed E-state index contributed by atoms with van der Waals surface area (Å²) < 4.78 is 26.8. The maximum Gasteiger partial charge on any atom is 0.243 e. The van der Waals surface area contributed by atoms with Crippen molar-refractivity contribution in [2.24, 2.45) is 0 Å². The summed E-state index contributed by atoms with van der Waals surface area (Å²) in [5, 5.41) is 0. The van der Waals surface area contributed by atoms with Gasteiger partial charge in [-0.2, -0.15) is 4.31 Å². The molecule has 98 valence electrons. The molecule has 0 amide bonds. The van der Waals surface area contributed by atoms with Gasteiger partial charge >= 0.3 is 0 Å². The van der Waals surface area contributed by atoms with Gasteiger partial charge in [-0.25, -0.2) is 8.42 Å². The molecule has 0 unspecified atom stereocenters. The fraction of sp³-hybridized carbons (Fsp3) is 0.600. The van der Waals surface area contributed by atoms with Crippen molar-refractivity contribution in [1.29, 1.82) is 0 Å². The molecule has 1 aromatic heterocycles. The van der Waals surface area contributed by atoms with Crippen molar-refractivity contribution in [3.63, 3.8) is 0 Å². The third-order valence-electron chi connectivity index (χ3n) is 2.39. The molecule has 1 heterocycles. The standard InChI is InChI=1S/C10H17BrN2O2S2/c1-8-9(7-10(11)16-8)17(14,15)13(4)6-5-12(2)3/h7H,5-6H2,1-4H3. The quantitative estimate of drug-likeness (QED) is 0.823. The molecule has 0 N–H and O–H groups in total. The van der Waals surface area contributed by atoms with Crippen LogP contribution in [-0.4, -0.2) is 51.9 Å². The SMILES string of the molecule is Cc1sc(Br)cc1S(=O)(=O)N(C)CCN(C)C. The Labute approximate surface area is 115 Å². The van der Waals surface area contributed by atoms with Gasteiger partial charge in [-0.15, -0.1) is 11.3 Å². The number of rotatable bonds is 5. The van der Waals surface area contributed by atoms with E-state index in [1.807, 2.05) is 25.9 Å². The highest BCUT2D eigenvalue weighted by Crippen LogP contribution is 2.31. The molecule has 1 aromatic rings. The van der Waals surface area contributed by atoms with Crippen LogP contribution in [0.15, 0.2) is 14.7 Å². The first-order valence-corrected chi connectivity index (χ1v) is 8.17. The third kappa shape index (κ3) is 3.75. The van der Waals surface area contributed by atoms with Crippen molar-refractivity contribution in [3.05, 3.63) is 14.7 Å². The Morgan fingerprint density at radius 1 is 1.29 bits per heavy atom. The molecule has 0 aromatic carbocycles. The van der Waals surface area contributed by atoms with E-state index in [1.54, 1.807) is 13.1 Å². The molecule has 0 aliphatic carbocycles. The molecule has 0 saturated carbocycles. The smallest absolute Gasteiger partial charge is 0.243 e. The Bertz CT molecular complexity index is 482. The zero-order chi connectivity index (χ0) is 13.2. The van der Waals surface area contributed by atoms with E-state index in [9.17, 15) is 8.42 Å². The van der Waals surface area contributed by atoms with E-state index in [2.05, 4.69) is 15.9 Å². The summed E-state index contributed by atoms with van der Waals surface area (Å²) in [7, 11) is 2.10. The molecule has 0 radical (unpaired) electrons. The van der Waals surface area contributed by atoms with Crippen molar-refractivity contribution >= 4 is 37.3 Å². The van der Waals surface area contributed by atoms with Gasteiger partial charge in [0.25, 0.3) is 0 Å². The zero-order valence-corrected chi connectivity index (χ0v) is 13.6. The van der Waals surface area contributed by atoms with Crippen molar-refractivity contribution in [2.45, 2.75) is 11.8 Å². The Morgan fingerprint density at radius 2 is 1.88 bits per heavy atom. The molecule has 1 rings (SSSR count). The molecule has 0 spiro atoms. The minimum Gasteiger partial charge on any atom is -0.308 e. The van der Waals surface area contributed by atoms with Crippen molar-refractivity contribution in [3.8, 4) is 0 Å². The maximum atomic E-state index is 12.3. The highest BCUT2D eigenvalue weighted by Gasteiger charge is 2.24. The van der Waals surface area contributed by atoms with Crippen LogP contribution >= 0.6 is 27.3 Å². The van der Waals surface area contributed by atoms with Gasteiger partial charge in [-0.05, 0) is 43.0 Å². The van der Waals surface area contributed by atoms with Gasteiger partial charge in [-0.3, -0.25) is 0 Å². The topological polar surface area (TPSA) is 40.6 Å². The number of halogens is 1. The monoisotopic (exact) mass is 340 g/mol. The lowest BCUT2D eigenvalue weighted by atomic mass is 10.5. The first-order valence-electron chi connectivity index (χ1n) is 5.12. The van der Waals surface area contributed by atoms with Gasteiger partial charge < -0.3 is 4.90 Å². The van der Waals surface area contributed by atoms with Crippen molar-refractivity contribution in [2.75, 3.05) is 34.2 Å². The van der Waals surface area contributed by atoms with E-state index in [-0.39, 0.29) is 0 Å². The summed E-state index contributed by atoms with van der Waals surface area (Å²) in [6.45, 7) is 3.02. The number of likely N-dealkylation sites (N-methyl/N-ethyl adjacent to an activating group) is 2. The molecule has 17 heavy (non-hydrogen) atoms. The molecule has 4 nitrogen and oxygen atoms in total. The maximum absolute atomic E-state index is 12.3. The van der Waals surface area contributed by atoms with Crippen LogP contribution in [0.1, 0.15) is 4.88 Å². The molecule has 0 fully saturated rings. The van der Waals surface area contributed by atoms with Gasteiger partial charge in [0.05, 0.1) is 8.68 Å². The van der Waals surface area contributed by atoms with Gasteiger partial charge in [0.1, 0.15) is 0 Å². The van der Waals surface area contributed by atoms with Crippen LogP contribution in [0.2, 0.25) is 0 Å². The van der Waals surface area contributed by atoms with Crippen LogP contribution in [0.4, 0.5) is 0 Å². The molecule has 0 saturated heterocycles. The lowest BCUT2D eigenvalue weighted by molar-refractivity contribution is 0.358. The fourth-order valence-electron chi connectivity index (χ4n) is 1.32. The van der Waals surface area contributed by atoms with Crippen molar-refractivity contribution in [1.82, 2.24) is 9.21 Å². The van der Waals surface area contributed by atoms with Crippen LogP contribution < -0.4 is 0 Å².